The van der Waals surface area contributed by atoms with Crippen LogP contribution in [0, 0.1) is 0 Å². The van der Waals surface area contributed by atoms with Crippen LogP contribution in [0.1, 0.15) is 17.4 Å². The van der Waals surface area contributed by atoms with Gasteiger partial charge < -0.3 is 9.52 Å². The topological polar surface area (TPSA) is 76.2 Å². The lowest BCUT2D eigenvalue weighted by molar-refractivity contribution is -0.138. The van der Waals surface area contributed by atoms with E-state index >= 15 is 0 Å². The largest absolute Gasteiger partial charge is 0.481 e. The fourth-order valence-corrected chi connectivity index (χ4v) is 2.69. The zero-order chi connectivity index (χ0) is 14.7. The maximum Gasteiger partial charge on any atom is 0.311 e. The highest BCUT2D eigenvalue weighted by atomic mass is 32.1. The highest BCUT2D eigenvalue weighted by Crippen LogP contribution is 2.26. The molecule has 6 heteroatoms. The van der Waals surface area contributed by atoms with Crippen molar-refractivity contribution in [3.63, 3.8) is 0 Å². The number of benzene rings is 1. The van der Waals surface area contributed by atoms with Gasteiger partial charge in [0.05, 0.1) is 10.8 Å². The number of carbonyl (C=O) groups is 1. The van der Waals surface area contributed by atoms with E-state index in [1.54, 1.807) is 12.1 Å². The van der Waals surface area contributed by atoms with E-state index in [0.717, 1.165) is 10.4 Å². The average molecular weight is 300 g/mol. The molecule has 0 radical (unpaired) electrons. The second kappa shape index (κ2) is 5.88. The molecule has 1 N–H and O–H groups in total. The van der Waals surface area contributed by atoms with Crippen molar-refractivity contribution in [1.29, 1.82) is 0 Å². The van der Waals surface area contributed by atoms with Crippen molar-refractivity contribution in [2.75, 3.05) is 0 Å². The minimum absolute atomic E-state index is 0.178. The first-order valence-corrected chi connectivity index (χ1v) is 7.26. The van der Waals surface area contributed by atoms with Crippen molar-refractivity contribution in [3.05, 3.63) is 59.3 Å². The summed E-state index contributed by atoms with van der Waals surface area (Å²) in [4.78, 5) is 12.3. The minimum Gasteiger partial charge on any atom is -0.481 e. The zero-order valence-corrected chi connectivity index (χ0v) is 11.8. The van der Waals surface area contributed by atoms with Gasteiger partial charge in [0.25, 0.3) is 5.89 Å². The third kappa shape index (κ3) is 3.00. The van der Waals surface area contributed by atoms with Gasteiger partial charge in [-0.05, 0) is 17.0 Å². The van der Waals surface area contributed by atoms with E-state index in [4.69, 9.17) is 4.42 Å². The molecule has 0 aliphatic rings. The number of carboxylic acid groups (broad SMARTS) is 1. The summed E-state index contributed by atoms with van der Waals surface area (Å²) in [5.74, 6) is -0.841. The summed E-state index contributed by atoms with van der Waals surface area (Å²) in [5, 5.41) is 19.2. The lowest BCUT2D eigenvalue weighted by atomic mass is 9.96. The highest BCUT2D eigenvalue weighted by Gasteiger charge is 2.23. The van der Waals surface area contributed by atoms with E-state index in [-0.39, 0.29) is 6.42 Å². The van der Waals surface area contributed by atoms with Crippen molar-refractivity contribution in [2.24, 2.45) is 0 Å². The van der Waals surface area contributed by atoms with E-state index in [9.17, 15) is 9.90 Å². The fourth-order valence-electron chi connectivity index (χ4n) is 2.04. The van der Waals surface area contributed by atoms with Crippen LogP contribution in [0.5, 0.6) is 0 Å². The number of rotatable bonds is 5. The Hall–Kier alpha value is -2.47. The highest BCUT2D eigenvalue weighted by molar-refractivity contribution is 7.13. The number of hydrogen-bond acceptors (Lipinski definition) is 5. The second-order valence-electron chi connectivity index (χ2n) is 4.48. The van der Waals surface area contributed by atoms with Gasteiger partial charge in [0.1, 0.15) is 0 Å². The Bertz CT molecular complexity index is 722. The van der Waals surface area contributed by atoms with Gasteiger partial charge in [-0.1, -0.05) is 36.4 Å². The van der Waals surface area contributed by atoms with Gasteiger partial charge in [-0.15, -0.1) is 21.5 Å². The van der Waals surface area contributed by atoms with E-state index in [2.05, 4.69) is 10.2 Å². The molecule has 0 fully saturated rings. The number of nitrogens with zero attached hydrogens (tertiary/aromatic N) is 2. The van der Waals surface area contributed by atoms with Crippen LogP contribution in [-0.4, -0.2) is 21.3 Å². The molecule has 106 valence electrons. The number of thiophene rings is 1. The zero-order valence-electron chi connectivity index (χ0n) is 11.0. The lowest BCUT2D eigenvalue weighted by Crippen LogP contribution is -2.14. The van der Waals surface area contributed by atoms with E-state index in [1.807, 2.05) is 35.7 Å². The maximum absolute atomic E-state index is 11.5. The van der Waals surface area contributed by atoms with Crippen LogP contribution < -0.4 is 0 Å². The van der Waals surface area contributed by atoms with Gasteiger partial charge in [0.2, 0.25) is 5.89 Å². The van der Waals surface area contributed by atoms with Crippen molar-refractivity contribution < 1.29 is 14.3 Å². The number of carboxylic acids is 1. The van der Waals surface area contributed by atoms with Crippen molar-refractivity contribution >= 4 is 17.3 Å². The third-order valence-corrected chi connectivity index (χ3v) is 3.94. The van der Waals surface area contributed by atoms with E-state index in [1.165, 1.54) is 11.3 Å². The molecule has 3 rings (SSSR count). The molecule has 0 unspecified atom stereocenters. The predicted molar refractivity (Wildman–Crippen MR) is 78.1 cm³/mol. The van der Waals surface area contributed by atoms with Gasteiger partial charge in [-0.2, -0.15) is 0 Å². The summed E-state index contributed by atoms with van der Waals surface area (Å²) in [5.41, 5.74) is 0.723. The molecule has 0 spiro atoms. The molecule has 3 aromatic rings. The van der Waals surface area contributed by atoms with E-state index < -0.39 is 11.9 Å². The van der Waals surface area contributed by atoms with Crippen molar-refractivity contribution in [3.8, 4) is 10.8 Å². The smallest absolute Gasteiger partial charge is 0.311 e. The van der Waals surface area contributed by atoms with E-state index in [0.29, 0.717) is 11.8 Å². The molecule has 1 atom stereocenters. The quantitative estimate of drug-likeness (QED) is 0.783. The molecule has 0 bridgehead atoms. The molecule has 2 aromatic heterocycles. The molecule has 0 aliphatic carbocycles. The standard InChI is InChI=1S/C15H12N2O3S/c18-15(19)11(10-5-2-1-3-6-10)9-13-16-17-14(20-13)12-7-4-8-21-12/h1-8,11H,9H2,(H,18,19)/t11-/m1/s1. The lowest BCUT2D eigenvalue weighted by Gasteiger charge is -2.09. The molecular formula is C15H12N2O3S. The SMILES string of the molecule is O=C(O)[C@H](Cc1nnc(-c2cccs2)o1)c1ccccc1. The van der Waals surface area contributed by atoms with Crippen LogP contribution in [-0.2, 0) is 11.2 Å². The van der Waals surface area contributed by atoms with Crippen LogP contribution in [0.2, 0.25) is 0 Å². The number of hydrogen-bond donors (Lipinski definition) is 1. The molecule has 0 aliphatic heterocycles. The van der Waals surface area contributed by atoms with Crippen LogP contribution >= 0.6 is 11.3 Å². The van der Waals surface area contributed by atoms with Crippen LogP contribution in [0.4, 0.5) is 0 Å². The molecule has 2 heterocycles. The first-order valence-electron chi connectivity index (χ1n) is 6.38. The monoisotopic (exact) mass is 300 g/mol. The number of aromatic nitrogens is 2. The van der Waals surface area contributed by atoms with Gasteiger partial charge in [-0.25, -0.2) is 0 Å². The Morgan fingerprint density at radius 1 is 1.19 bits per heavy atom. The van der Waals surface area contributed by atoms with Crippen LogP contribution in [0.3, 0.4) is 0 Å². The first kappa shape index (κ1) is 13.5. The predicted octanol–water partition coefficient (Wildman–Crippen LogP) is 3.21. The van der Waals surface area contributed by atoms with Gasteiger partial charge in [-0.3, -0.25) is 4.79 Å². The summed E-state index contributed by atoms with van der Waals surface area (Å²) in [6.45, 7) is 0. The minimum atomic E-state index is -0.905. The normalized spacial score (nSPS) is 12.2. The Morgan fingerprint density at radius 2 is 2.00 bits per heavy atom. The Balaban J connectivity index is 1.82. The maximum atomic E-state index is 11.5. The summed E-state index contributed by atoms with van der Waals surface area (Å²) < 4.78 is 5.56. The van der Waals surface area contributed by atoms with Gasteiger partial charge in [0.15, 0.2) is 0 Å². The Labute approximate surface area is 124 Å². The Kier molecular flexibility index (Phi) is 3.79. The summed E-state index contributed by atoms with van der Waals surface area (Å²) in [6, 6.07) is 12.8. The molecule has 1 aromatic carbocycles. The second-order valence-corrected chi connectivity index (χ2v) is 5.43. The molecule has 5 nitrogen and oxygen atoms in total. The molecule has 0 saturated carbocycles. The average Bonchev–Trinajstić information content (AvgIpc) is 3.16. The number of aliphatic carboxylic acids is 1. The Morgan fingerprint density at radius 3 is 2.67 bits per heavy atom. The van der Waals surface area contributed by atoms with Gasteiger partial charge in [0, 0.05) is 6.42 Å². The third-order valence-electron chi connectivity index (χ3n) is 3.08. The molecular weight excluding hydrogens is 288 g/mol. The fraction of sp³-hybridized carbons (Fsp3) is 0.133. The van der Waals surface area contributed by atoms with Crippen molar-refractivity contribution in [2.45, 2.75) is 12.3 Å². The van der Waals surface area contributed by atoms with Crippen molar-refractivity contribution in [1.82, 2.24) is 10.2 Å². The van der Waals surface area contributed by atoms with Gasteiger partial charge >= 0.3 is 5.97 Å². The summed E-state index contributed by atoms with van der Waals surface area (Å²) in [6.07, 6.45) is 0.178. The molecule has 21 heavy (non-hydrogen) atoms. The first-order chi connectivity index (χ1) is 10.2. The summed E-state index contributed by atoms with van der Waals surface area (Å²) >= 11 is 1.50. The van der Waals surface area contributed by atoms with Crippen LogP contribution in [0.15, 0.2) is 52.3 Å². The molecule has 0 amide bonds. The van der Waals surface area contributed by atoms with Crippen LogP contribution in [0.25, 0.3) is 10.8 Å². The molecule has 0 saturated heterocycles. The summed E-state index contributed by atoms with van der Waals surface area (Å²) in [7, 11) is 0.